The van der Waals surface area contributed by atoms with Crippen LogP contribution in [0, 0.1) is 5.92 Å². The highest BCUT2D eigenvalue weighted by Gasteiger charge is 2.20. The molecule has 0 aliphatic rings. The molecule has 2 rings (SSSR count). The minimum atomic E-state index is -0.717. The maximum absolute atomic E-state index is 11.5. The van der Waals surface area contributed by atoms with Gasteiger partial charge >= 0.3 is 5.63 Å². The van der Waals surface area contributed by atoms with Crippen LogP contribution < -0.4 is 10.4 Å². The molecule has 0 spiro atoms. The molecule has 1 heterocycles. The van der Waals surface area contributed by atoms with Crippen molar-refractivity contribution in [2.45, 2.75) is 32.8 Å². The SMILES string of the molecule is CCC(=O)[C@H](C)[C@@H](O)CCOc1ccc2ccc(=O)oc2c1. The second kappa shape index (κ2) is 7.22. The minimum Gasteiger partial charge on any atom is -0.493 e. The molecule has 2 atom stereocenters. The van der Waals surface area contributed by atoms with Gasteiger partial charge in [-0.1, -0.05) is 13.8 Å². The van der Waals surface area contributed by atoms with E-state index in [0.29, 0.717) is 24.2 Å². The molecule has 1 aromatic heterocycles. The molecule has 0 aliphatic heterocycles. The molecule has 0 saturated heterocycles. The molecule has 1 aromatic carbocycles. The number of hydrogen-bond donors (Lipinski definition) is 1. The molecule has 0 bridgehead atoms. The number of carbonyl (C=O) groups excluding carboxylic acids is 1. The molecule has 0 amide bonds. The summed E-state index contributed by atoms with van der Waals surface area (Å²) < 4.78 is 10.6. The highest BCUT2D eigenvalue weighted by Crippen LogP contribution is 2.20. The molecule has 118 valence electrons. The predicted octanol–water partition coefficient (Wildman–Crippen LogP) is 2.54. The second-order valence-corrected chi connectivity index (χ2v) is 5.27. The van der Waals surface area contributed by atoms with Gasteiger partial charge in [-0.15, -0.1) is 0 Å². The summed E-state index contributed by atoms with van der Waals surface area (Å²) in [5.41, 5.74) is 0.0482. The lowest BCUT2D eigenvalue weighted by molar-refractivity contribution is -0.125. The van der Waals surface area contributed by atoms with Gasteiger partial charge in [0.2, 0.25) is 0 Å². The standard InChI is InChI=1S/C17H20O5/c1-3-14(18)11(2)15(19)8-9-21-13-6-4-12-5-7-17(20)22-16(12)10-13/h4-7,10-11,15,19H,3,8-9H2,1-2H3/t11-,15-/m0/s1. The van der Waals surface area contributed by atoms with Gasteiger partial charge in [0.1, 0.15) is 17.1 Å². The minimum absolute atomic E-state index is 0.0416. The number of fused-ring (bicyclic) bond motifs is 1. The molecule has 22 heavy (non-hydrogen) atoms. The van der Waals surface area contributed by atoms with Gasteiger partial charge in [0.25, 0.3) is 0 Å². The molecule has 2 aromatic rings. The number of ketones is 1. The van der Waals surface area contributed by atoms with Gasteiger partial charge in [-0.2, -0.15) is 0 Å². The average molecular weight is 304 g/mol. The number of Topliss-reactive ketones (excluding diaryl/α,β-unsaturated/α-hetero) is 1. The lowest BCUT2D eigenvalue weighted by atomic mass is 9.96. The lowest BCUT2D eigenvalue weighted by Gasteiger charge is -2.17. The van der Waals surface area contributed by atoms with E-state index in [2.05, 4.69) is 0 Å². The van der Waals surface area contributed by atoms with Crippen LogP contribution in [0.3, 0.4) is 0 Å². The number of ether oxygens (including phenoxy) is 1. The zero-order chi connectivity index (χ0) is 16.1. The molecule has 1 N–H and O–H groups in total. The quantitative estimate of drug-likeness (QED) is 0.795. The fourth-order valence-corrected chi connectivity index (χ4v) is 2.21. The third kappa shape index (κ3) is 3.95. The number of rotatable bonds is 7. The highest BCUT2D eigenvalue weighted by atomic mass is 16.5. The average Bonchev–Trinajstić information content (AvgIpc) is 2.52. The van der Waals surface area contributed by atoms with Crippen LogP contribution in [-0.2, 0) is 4.79 Å². The Morgan fingerprint density at radius 2 is 2.05 bits per heavy atom. The van der Waals surface area contributed by atoms with Crippen LogP contribution in [0.1, 0.15) is 26.7 Å². The Morgan fingerprint density at radius 1 is 1.32 bits per heavy atom. The number of carbonyl (C=O) groups is 1. The van der Waals surface area contributed by atoms with Crippen LogP contribution in [0.25, 0.3) is 11.0 Å². The van der Waals surface area contributed by atoms with Crippen molar-refractivity contribution >= 4 is 16.8 Å². The van der Waals surface area contributed by atoms with E-state index in [0.717, 1.165) is 5.39 Å². The molecule has 0 aliphatic carbocycles. The van der Waals surface area contributed by atoms with Crippen molar-refractivity contribution < 1.29 is 19.1 Å². The highest BCUT2D eigenvalue weighted by molar-refractivity contribution is 5.80. The van der Waals surface area contributed by atoms with E-state index < -0.39 is 11.7 Å². The first-order chi connectivity index (χ1) is 10.5. The monoisotopic (exact) mass is 304 g/mol. The molecular formula is C17H20O5. The fraction of sp³-hybridized carbons (Fsp3) is 0.412. The van der Waals surface area contributed by atoms with E-state index in [-0.39, 0.29) is 18.3 Å². The van der Waals surface area contributed by atoms with E-state index in [1.165, 1.54) is 6.07 Å². The Balaban J connectivity index is 1.94. The first-order valence-corrected chi connectivity index (χ1v) is 7.38. The number of aliphatic hydroxyl groups excluding tert-OH is 1. The lowest BCUT2D eigenvalue weighted by Crippen LogP contribution is -2.26. The third-order valence-corrected chi connectivity index (χ3v) is 3.71. The van der Waals surface area contributed by atoms with Crippen LogP contribution >= 0.6 is 0 Å². The van der Waals surface area contributed by atoms with Crippen molar-refractivity contribution in [2.75, 3.05) is 6.61 Å². The summed E-state index contributed by atoms with van der Waals surface area (Å²) in [5.74, 6) is 0.215. The third-order valence-electron chi connectivity index (χ3n) is 3.71. The van der Waals surface area contributed by atoms with E-state index >= 15 is 0 Å². The molecule has 0 fully saturated rings. The van der Waals surface area contributed by atoms with Crippen molar-refractivity contribution in [1.82, 2.24) is 0 Å². The molecule has 0 saturated carbocycles. The van der Waals surface area contributed by atoms with E-state index in [4.69, 9.17) is 9.15 Å². The number of aliphatic hydroxyl groups is 1. The Bertz CT molecular complexity index is 704. The van der Waals surface area contributed by atoms with Gasteiger partial charge in [0, 0.05) is 36.3 Å². The van der Waals surface area contributed by atoms with Gasteiger partial charge in [0.05, 0.1) is 12.7 Å². The molecule has 0 unspecified atom stereocenters. The van der Waals surface area contributed by atoms with Gasteiger partial charge in [-0.25, -0.2) is 4.79 Å². The van der Waals surface area contributed by atoms with Gasteiger partial charge < -0.3 is 14.3 Å². The van der Waals surface area contributed by atoms with Gasteiger partial charge in [-0.05, 0) is 18.2 Å². The summed E-state index contributed by atoms with van der Waals surface area (Å²) in [7, 11) is 0. The normalized spacial score (nSPS) is 13.8. The van der Waals surface area contributed by atoms with Crippen molar-refractivity contribution in [3.63, 3.8) is 0 Å². The Kier molecular flexibility index (Phi) is 5.33. The smallest absolute Gasteiger partial charge is 0.336 e. The number of benzene rings is 1. The predicted molar refractivity (Wildman–Crippen MR) is 83.1 cm³/mol. The zero-order valence-electron chi connectivity index (χ0n) is 12.7. The summed E-state index contributed by atoms with van der Waals surface area (Å²) >= 11 is 0. The van der Waals surface area contributed by atoms with E-state index in [9.17, 15) is 14.7 Å². The Morgan fingerprint density at radius 3 is 2.77 bits per heavy atom. The zero-order valence-corrected chi connectivity index (χ0v) is 12.7. The van der Waals surface area contributed by atoms with Crippen LogP contribution in [-0.4, -0.2) is 23.6 Å². The summed E-state index contributed by atoms with van der Waals surface area (Å²) in [4.78, 5) is 22.7. The van der Waals surface area contributed by atoms with Gasteiger partial charge in [-0.3, -0.25) is 4.79 Å². The topological polar surface area (TPSA) is 76.7 Å². The maximum Gasteiger partial charge on any atom is 0.336 e. The Hall–Kier alpha value is -2.14. The summed E-state index contributed by atoms with van der Waals surface area (Å²) in [6.45, 7) is 3.79. The Labute approximate surface area is 128 Å². The van der Waals surface area contributed by atoms with Crippen LogP contribution in [0.2, 0.25) is 0 Å². The summed E-state index contributed by atoms with van der Waals surface area (Å²) in [6.07, 6.45) is 0.0674. The summed E-state index contributed by atoms with van der Waals surface area (Å²) in [6, 6.07) is 8.27. The van der Waals surface area contributed by atoms with Crippen molar-refractivity contribution in [3.05, 3.63) is 40.8 Å². The van der Waals surface area contributed by atoms with E-state index in [1.807, 2.05) is 0 Å². The molecule has 0 radical (unpaired) electrons. The van der Waals surface area contributed by atoms with E-state index in [1.54, 1.807) is 38.1 Å². The van der Waals surface area contributed by atoms with Crippen LogP contribution in [0.5, 0.6) is 5.75 Å². The molecule has 5 heteroatoms. The largest absolute Gasteiger partial charge is 0.493 e. The van der Waals surface area contributed by atoms with Crippen LogP contribution in [0.4, 0.5) is 0 Å². The molecule has 5 nitrogen and oxygen atoms in total. The summed E-state index contributed by atoms with van der Waals surface area (Å²) in [5, 5.41) is 10.8. The van der Waals surface area contributed by atoms with Crippen molar-refractivity contribution in [1.29, 1.82) is 0 Å². The first kappa shape index (κ1) is 16.2. The number of hydrogen-bond acceptors (Lipinski definition) is 5. The fourth-order valence-electron chi connectivity index (χ4n) is 2.21. The maximum atomic E-state index is 11.5. The van der Waals surface area contributed by atoms with Crippen molar-refractivity contribution in [3.8, 4) is 5.75 Å². The first-order valence-electron chi connectivity index (χ1n) is 7.38. The van der Waals surface area contributed by atoms with Crippen LogP contribution in [0.15, 0.2) is 39.5 Å². The molecular weight excluding hydrogens is 284 g/mol. The van der Waals surface area contributed by atoms with Gasteiger partial charge in [0.15, 0.2) is 0 Å². The van der Waals surface area contributed by atoms with Crippen molar-refractivity contribution in [2.24, 2.45) is 5.92 Å². The second-order valence-electron chi connectivity index (χ2n) is 5.27.